The molecule has 1 rings (SSSR count). The van der Waals surface area contributed by atoms with Crippen molar-refractivity contribution in [3.8, 4) is 0 Å². The molecule has 1 aromatic heterocycles. The fraction of sp³-hybridized carbons (Fsp3) is 0.538. The first kappa shape index (κ1) is 13.5. The fourth-order valence-electron chi connectivity index (χ4n) is 1.62. The molecule has 4 nitrogen and oxygen atoms in total. The molecular formula is C13H20N2O2. The molecule has 1 N–H and O–H groups in total. The Hall–Kier alpha value is -1.58. The van der Waals surface area contributed by atoms with Crippen LogP contribution >= 0.6 is 0 Å². The maximum absolute atomic E-state index is 10.7. The minimum Gasteiger partial charge on any atom is -0.477 e. The average molecular weight is 236 g/mol. The molecule has 0 aliphatic rings. The van der Waals surface area contributed by atoms with Gasteiger partial charge in [0.1, 0.15) is 5.69 Å². The van der Waals surface area contributed by atoms with Gasteiger partial charge in [-0.3, -0.25) is 0 Å². The van der Waals surface area contributed by atoms with Crippen LogP contribution in [0.25, 0.3) is 0 Å². The summed E-state index contributed by atoms with van der Waals surface area (Å²) in [5.74, 6) is -0.365. The minimum absolute atomic E-state index is 0.0911. The predicted octanol–water partition coefficient (Wildman–Crippen LogP) is 2.65. The molecule has 17 heavy (non-hydrogen) atoms. The molecule has 0 radical (unpaired) electrons. The van der Waals surface area contributed by atoms with Crippen LogP contribution in [0.4, 0.5) is 5.69 Å². The lowest BCUT2D eigenvalue weighted by molar-refractivity contribution is 0.0690. The molecular weight excluding hydrogens is 216 g/mol. The van der Waals surface area contributed by atoms with E-state index in [9.17, 15) is 4.79 Å². The van der Waals surface area contributed by atoms with E-state index in [0.717, 1.165) is 25.2 Å². The highest BCUT2D eigenvalue weighted by atomic mass is 16.4. The molecule has 0 fully saturated rings. The Morgan fingerprint density at radius 2 is 2.18 bits per heavy atom. The molecule has 1 heterocycles. The van der Waals surface area contributed by atoms with Gasteiger partial charge in [0.2, 0.25) is 0 Å². The summed E-state index contributed by atoms with van der Waals surface area (Å²) in [5, 5.41) is 8.78. The summed E-state index contributed by atoms with van der Waals surface area (Å²) < 4.78 is 0. The van der Waals surface area contributed by atoms with Gasteiger partial charge >= 0.3 is 5.97 Å². The van der Waals surface area contributed by atoms with Crippen molar-refractivity contribution in [3.63, 3.8) is 0 Å². The third-order valence-corrected chi connectivity index (χ3v) is 2.94. The van der Waals surface area contributed by atoms with Gasteiger partial charge in [0.15, 0.2) is 0 Å². The SMILES string of the molecule is CCC(C)CN(CC)c1ccc(C(=O)O)nc1. The van der Waals surface area contributed by atoms with Gasteiger partial charge in [0.05, 0.1) is 11.9 Å². The van der Waals surface area contributed by atoms with Crippen LogP contribution in [0.2, 0.25) is 0 Å². The number of carbonyl (C=O) groups is 1. The van der Waals surface area contributed by atoms with E-state index in [0.29, 0.717) is 5.92 Å². The van der Waals surface area contributed by atoms with Crippen molar-refractivity contribution >= 4 is 11.7 Å². The van der Waals surface area contributed by atoms with Crippen LogP contribution in [0.5, 0.6) is 0 Å². The fourth-order valence-corrected chi connectivity index (χ4v) is 1.62. The highest BCUT2D eigenvalue weighted by Gasteiger charge is 2.10. The third kappa shape index (κ3) is 3.73. The van der Waals surface area contributed by atoms with E-state index in [4.69, 9.17) is 5.11 Å². The van der Waals surface area contributed by atoms with Gasteiger partial charge < -0.3 is 10.0 Å². The molecule has 0 bridgehead atoms. The maximum Gasteiger partial charge on any atom is 0.354 e. The molecule has 0 saturated carbocycles. The molecule has 0 spiro atoms. The van der Waals surface area contributed by atoms with Crippen molar-refractivity contribution in [2.75, 3.05) is 18.0 Å². The number of carboxylic acids is 1. The second kappa shape index (κ2) is 6.23. The Kier molecular flexibility index (Phi) is 4.94. The Bertz CT molecular complexity index is 362. The van der Waals surface area contributed by atoms with Crippen molar-refractivity contribution < 1.29 is 9.90 Å². The van der Waals surface area contributed by atoms with Crippen molar-refractivity contribution in [1.82, 2.24) is 4.98 Å². The normalized spacial score (nSPS) is 12.2. The van der Waals surface area contributed by atoms with Crippen LogP contribution in [0.15, 0.2) is 18.3 Å². The molecule has 0 amide bonds. The second-order valence-electron chi connectivity index (χ2n) is 4.26. The maximum atomic E-state index is 10.7. The van der Waals surface area contributed by atoms with E-state index in [1.165, 1.54) is 0 Å². The monoisotopic (exact) mass is 236 g/mol. The number of rotatable bonds is 6. The van der Waals surface area contributed by atoms with E-state index in [1.807, 2.05) is 6.07 Å². The van der Waals surface area contributed by atoms with Crippen LogP contribution in [0, 0.1) is 5.92 Å². The van der Waals surface area contributed by atoms with Gasteiger partial charge in [-0.1, -0.05) is 20.3 Å². The molecule has 0 saturated heterocycles. The molecule has 94 valence electrons. The smallest absolute Gasteiger partial charge is 0.354 e. The van der Waals surface area contributed by atoms with Gasteiger partial charge in [-0.15, -0.1) is 0 Å². The summed E-state index contributed by atoms with van der Waals surface area (Å²) in [7, 11) is 0. The number of aromatic nitrogens is 1. The number of aromatic carboxylic acids is 1. The Balaban J connectivity index is 2.78. The second-order valence-corrected chi connectivity index (χ2v) is 4.26. The van der Waals surface area contributed by atoms with Crippen LogP contribution in [0.3, 0.4) is 0 Å². The standard InChI is InChI=1S/C13H20N2O2/c1-4-10(3)9-15(5-2)11-6-7-12(13(16)17)14-8-11/h6-8,10H,4-5,9H2,1-3H3,(H,16,17). The van der Waals surface area contributed by atoms with Gasteiger partial charge in [0, 0.05) is 13.1 Å². The van der Waals surface area contributed by atoms with E-state index in [1.54, 1.807) is 12.3 Å². The zero-order valence-corrected chi connectivity index (χ0v) is 10.7. The van der Waals surface area contributed by atoms with E-state index >= 15 is 0 Å². The predicted molar refractivity (Wildman–Crippen MR) is 68.5 cm³/mol. The quantitative estimate of drug-likeness (QED) is 0.825. The topological polar surface area (TPSA) is 53.4 Å². The summed E-state index contributed by atoms with van der Waals surface area (Å²) >= 11 is 0. The van der Waals surface area contributed by atoms with Gasteiger partial charge in [-0.2, -0.15) is 0 Å². The van der Waals surface area contributed by atoms with Crippen LogP contribution in [0.1, 0.15) is 37.7 Å². The first-order chi connectivity index (χ1) is 8.08. The third-order valence-electron chi connectivity index (χ3n) is 2.94. The number of nitrogens with zero attached hydrogens (tertiary/aromatic N) is 2. The summed E-state index contributed by atoms with van der Waals surface area (Å²) in [5.41, 5.74) is 1.08. The van der Waals surface area contributed by atoms with Crippen molar-refractivity contribution in [1.29, 1.82) is 0 Å². The Morgan fingerprint density at radius 1 is 1.47 bits per heavy atom. The Labute approximate surface area is 102 Å². The largest absolute Gasteiger partial charge is 0.477 e. The minimum atomic E-state index is -0.985. The molecule has 0 aliphatic heterocycles. The molecule has 1 unspecified atom stereocenters. The average Bonchev–Trinajstić information content (AvgIpc) is 2.35. The van der Waals surface area contributed by atoms with Gasteiger partial charge in [0.25, 0.3) is 0 Å². The van der Waals surface area contributed by atoms with Gasteiger partial charge in [-0.05, 0) is 25.0 Å². The first-order valence-corrected chi connectivity index (χ1v) is 6.02. The van der Waals surface area contributed by atoms with E-state index in [2.05, 4.69) is 30.7 Å². The lowest BCUT2D eigenvalue weighted by Gasteiger charge is -2.25. The van der Waals surface area contributed by atoms with Crippen LogP contribution in [-0.2, 0) is 0 Å². The van der Waals surface area contributed by atoms with Crippen LogP contribution in [-0.4, -0.2) is 29.1 Å². The molecule has 1 aromatic rings. The summed E-state index contributed by atoms with van der Waals surface area (Å²) in [6, 6.07) is 3.37. The first-order valence-electron chi connectivity index (χ1n) is 6.02. The zero-order chi connectivity index (χ0) is 12.8. The van der Waals surface area contributed by atoms with Crippen molar-refractivity contribution in [3.05, 3.63) is 24.0 Å². The molecule has 4 heteroatoms. The Morgan fingerprint density at radius 3 is 2.59 bits per heavy atom. The summed E-state index contributed by atoms with van der Waals surface area (Å²) in [4.78, 5) is 16.9. The van der Waals surface area contributed by atoms with Crippen molar-refractivity contribution in [2.45, 2.75) is 27.2 Å². The van der Waals surface area contributed by atoms with Crippen molar-refractivity contribution in [2.24, 2.45) is 5.92 Å². The van der Waals surface area contributed by atoms with Gasteiger partial charge in [-0.25, -0.2) is 9.78 Å². The lowest BCUT2D eigenvalue weighted by Crippen LogP contribution is -2.28. The summed E-state index contributed by atoms with van der Waals surface area (Å²) in [6.45, 7) is 8.35. The zero-order valence-electron chi connectivity index (χ0n) is 10.7. The summed E-state index contributed by atoms with van der Waals surface area (Å²) in [6.07, 6.45) is 2.77. The number of anilines is 1. The molecule has 1 atom stereocenters. The molecule has 0 aliphatic carbocycles. The number of hydrogen-bond acceptors (Lipinski definition) is 3. The van der Waals surface area contributed by atoms with E-state index in [-0.39, 0.29) is 5.69 Å². The number of carboxylic acid groups (broad SMARTS) is 1. The highest BCUT2D eigenvalue weighted by molar-refractivity contribution is 5.85. The van der Waals surface area contributed by atoms with Crippen LogP contribution < -0.4 is 4.90 Å². The number of hydrogen-bond donors (Lipinski definition) is 1. The van der Waals surface area contributed by atoms with E-state index < -0.39 is 5.97 Å². The number of pyridine rings is 1. The highest BCUT2D eigenvalue weighted by Crippen LogP contribution is 2.15. The molecule has 0 aromatic carbocycles. The lowest BCUT2D eigenvalue weighted by atomic mass is 10.1.